The molecule has 0 aromatic carbocycles. The first-order valence-corrected chi connectivity index (χ1v) is 7.91. The minimum atomic E-state index is -1.05. The van der Waals surface area contributed by atoms with Crippen molar-refractivity contribution in [3.05, 3.63) is 0 Å². The molecule has 0 unspecified atom stereocenters. The lowest BCUT2D eigenvalue weighted by Crippen LogP contribution is -2.30. The molecular formula is C9H21NSi. The van der Waals surface area contributed by atoms with E-state index in [9.17, 15) is 0 Å². The van der Waals surface area contributed by atoms with Crippen LogP contribution >= 0.6 is 0 Å². The van der Waals surface area contributed by atoms with Crippen LogP contribution in [0.25, 0.3) is 0 Å². The van der Waals surface area contributed by atoms with E-state index in [-0.39, 0.29) is 5.41 Å². The summed E-state index contributed by atoms with van der Waals surface area (Å²) in [4.78, 5) is 0. The van der Waals surface area contributed by atoms with Crippen LogP contribution in [0.1, 0.15) is 20.8 Å². The Kier molecular flexibility index (Phi) is 3.06. The Balaban J connectivity index is 4.11. The van der Waals surface area contributed by atoms with Gasteiger partial charge in [-0.15, -0.1) is 0 Å². The van der Waals surface area contributed by atoms with Gasteiger partial charge in [-0.05, 0) is 11.5 Å². The number of hydrogen-bond donors (Lipinski definition) is 1. The zero-order valence-electron chi connectivity index (χ0n) is 8.71. The summed E-state index contributed by atoms with van der Waals surface area (Å²) in [5.41, 5.74) is 0.997. The summed E-state index contributed by atoms with van der Waals surface area (Å²) in [6.07, 6.45) is 0. The van der Waals surface area contributed by atoms with Crippen molar-refractivity contribution in [1.29, 1.82) is 5.41 Å². The standard InChI is InChI=1S/C9H21NSi/c1-9(2,3)8(10)7-11(4,5)6/h10H,7H2,1-6H3. The van der Waals surface area contributed by atoms with Crippen LogP contribution in [-0.4, -0.2) is 13.8 Å². The predicted molar refractivity (Wildman–Crippen MR) is 55.3 cm³/mol. The topological polar surface area (TPSA) is 23.9 Å². The molecule has 0 aliphatic rings. The molecule has 0 aliphatic heterocycles. The van der Waals surface area contributed by atoms with Crippen molar-refractivity contribution in [2.45, 2.75) is 46.5 Å². The first-order valence-electron chi connectivity index (χ1n) is 4.21. The van der Waals surface area contributed by atoms with E-state index in [4.69, 9.17) is 5.41 Å². The van der Waals surface area contributed by atoms with Crippen LogP contribution < -0.4 is 0 Å². The maximum Gasteiger partial charge on any atom is 0.0502 e. The lowest BCUT2D eigenvalue weighted by molar-refractivity contribution is 0.583. The summed E-state index contributed by atoms with van der Waals surface area (Å²) in [6.45, 7) is 13.3. The molecule has 0 amide bonds. The van der Waals surface area contributed by atoms with Crippen LogP contribution in [0.15, 0.2) is 0 Å². The van der Waals surface area contributed by atoms with E-state index in [1.807, 2.05) is 0 Å². The maximum absolute atomic E-state index is 7.83. The molecule has 0 radical (unpaired) electrons. The molecule has 66 valence electrons. The second-order valence-corrected chi connectivity index (χ2v) is 10.9. The molecule has 0 heterocycles. The summed E-state index contributed by atoms with van der Waals surface area (Å²) in [6, 6.07) is 1.04. The van der Waals surface area contributed by atoms with Crippen molar-refractivity contribution in [2.24, 2.45) is 5.41 Å². The summed E-state index contributed by atoms with van der Waals surface area (Å²) >= 11 is 0. The van der Waals surface area contributed by atoms with E-state index < -0.39 is 8.07 Å². The Morgan fingerprint density at radius 2 is 1.55 bits per heavy atom. The van der Waals surface area contributed by atoms with E-state index in [1.165, 1.54) is 0 Å². The minimum absolute atomic E-state index is 0.0836. The third-order valence-electron chi connectivity index (χ3n) is 1.61. The third-order valence-corrected chi connectivity index (χ3v) is 3.03. The summed E-state index contributed by atoms with van der Waals surface area (Å²) in [5, 5.41) is 7.83. The number of hydrogen-bond acceptors (Lipinski definition) is 1. The fourth-order valence-electron chi connectivity index (χ4n) is 0.795. The first-order chi connectivity index (χ1) is 4.63. The fraction of sp³-hybridized carbons (Fsp3) is 0.889. The molecule has 0 fully saturated rings. The van der Waals surface area contributed by atoms with Crippen molar-refractivity contribution < 1.29 is 0 Å². The molecule has 0 aromatic heterocycles. The molecule has 0 bridgehead atoms. The fourth-order valence-corrected chi connectivity index (χ4v) is 2.39. The maximum atomic E-state index is 7.83. The predicted octanol–water partition coefficient (Wildman–Crippen LogP) is 3.39. The summed E-state index contributed by atoms with van der Waals surface area (Å²) in [7, 11) is -1.05. The van der Waals surface area contributed by atoms with Gasteiger partial charge in [-0.25, -0.2) is 0 Å². The van der Waals surface area contributed by atoms with Crippen LogP contribution in [0.3, 0.4) is 0 Å². The molecule has 2 heteroatoms. The third kappa shape index (κ3) is 5.19. The molecular weight excluding hydrogens is 150 g/mol. The Bertz CT molecular complexity index is 148. The molecule has 1 nitrogen and oxygen atoms in total. The molecule has 0 saturated carbocycles. The van der Waals surface area contributed by atoms with E-state index in [0.29, 0.717) is 0 Å². The molecule has 11 heavy (non-hydrogen) atoms. The van der Waals surface area contributed by atoms with Gasteiger partial charge in [0.25, 0.3) is 0 Å². The van der Waals surface area contributed by atoms with Crippen molar-refractivity contribution in [1.82, 2.24) is 0 Å². The van der Waals surface area contributed by atoms with Crippen molar-refractivity contribution >= 4 is 13.8 Å². The smallest absolute Gasteiger partial charge is 0.0502 e. The Hall–Kier alpha value is -0.113. The van der Waals surface area contributed by atoms with E-state index in [2.05, 4.69) is 40.4 Å². The zero-order chi connectivity index (χ0) is 9.28. The van der Waals surface area contributed by atoms with Gasteiger partial charge in [-0.3, -0.25) is 0 Å². The highest BCUT2D eigenvalue weighted by Crippen LogP contribution is 2.22. The molecule has 1 N–H and O–H groups in total. The van der Waals surface area contributed by atoms with Crippen LogP contribution in [0.5, 0.6) is 0 Å². The highest BCUT2D eigenvalue weighted by Gasteiger charge is 2.23. The van der Waals surface area contributed by atoms with Gasteiger partial charge < -0.3 is 5.41 Å². The van der Waals surface area contributed by atoms with Crippen molar-refractivity contribution in [2.75, 3.05) is 0 Å². The molecule has 0 rings (SSSR count). The lowest BCUT2D eigenvalue weighted by atomic mass is 9.91. The second-order valence-electron chi connectivity index (χ2n) is 5.47. The Labute approximate surface area is 71.7 Å². The summed E-state index contributed by atoms with van der Waals surface area (Å²) in [5.74, 6) is 0. The van der Waals surface area contributed by atoms with E-state index in [1.54, 1.807) is 0 Å². The van der Waals surface area contributed by atoms with Gasteiger partial charge in [-0.1, -0.05) is 40.4 Å². The quantitative estimate of drug-likeness (QED) is 0.486. The SMILES string of the molecule is CC(C)(C)C(=N)C[Si](C)(C)C. The van der Waals surface area contributed by atoms with Crippen LogP contribution in [0.2, 0.25) is 25.7 Å². The first kappa shape index (κ1) is 10.9. The van der Waals surface area contributed by atoms with Gasteiger partial charge in [0.05, 0.1) is 8.07 Å². The van der Waals surface area contributed by atoms with Gasteiger partial charge >= 0.3 is 0 Å². The lowest BCUT2D eigenvalue weighted by Gasteiger charge is -2.25. The average molecular weight is 171 g/mol. The van der Waals surface area contributed by atoms with Gasteiger partial charge in [0.1, 0.15) is 0 Å². The molecule has 0 aliphatic carbocycles. The Morgan fingerprint density at radius 3 is 1.64 bits per heavy atom. The van der Waals surface area contributed by atoms with Crippen molar-refractivity contribution in [3.8, 4) is 0 Å². The van der Waals surface area contributed by atoms with Gasteiger partial charge in [0.15, 0.2) is 0 Å². The van der Waals surface area contributed by atoms with Gasteiger partial charge in [0.2, 0.25) is 0 Å². The van der Waals surface area contributed by atoms with Gasteiger partial charge in [-0.2, -0.15) is 0 Å². The van der Waals surface area contributed by atoms with Crippen LogP contribution in [0.4, 0.5) is 0 Å². The second kappa shape index (κ2) is 3.09. The highest BCUT2D eigenvalue weighted by atomic mass is 28.3. The molecule has 0 aromatic rings. The van der Waals surface area contributed by atoms with Crippen LogP contribution in [0, 0.1) is 10.8 Å². The minimum Gasteiger partial charge on any atom is -0.309 e. The highest BCUT2D eigenvalue weighted by molar-refractivity contribution is 6.79. The molecule has 0 atom stereocenters. The zero-order valence-corrected chi connectivity index (χ0v) is 9.71. The number of rotatable bonds is 2. The Morgan fingerprint density at radius 1 is 1.18 bits per heavy atom. The summed E-state index contributed by atoms with van der Waals surface area (Å²) < 4.78 is 0. The van der Waals surface area contributed by atoms with E-state index in [0.717, 1.165) is 11.8 Å². The molecule has 0 saturated heterocycles. The molecule has 0 spiro atoms. The largest absolute Gasteiger partial charge is 0.309 e. The average Bonchev–Trinajstić information content (AvgIpc) is 1.56. The van der Waals surface area contributed by atoms with Crippen molar-refractivity contribution in [3.63, 3.8) is 0 Å². The number of nitrogens with one attached hydrogen (secondary N) is 1. The normalized spacial score (nSPS) is 13.3. The monoisotopic (exact) mass is 171 g/mol. The van der Waals surface area contributed by atoms with Gasteiger partial charge in [0, 0.05) is 5.71 Å². The van der Waals surface area contributed by atoms with E-state index >= 15 is 0 Å². The van der Waals surface area contributed by atoms with Crippen LogP contribution in [-0.2, 0) is 0 Å².